The van der Waals surface area contributed by atoms with Gasteiger partial charge in [-0.1, -0.05) is 29.3 Å². The van der Waals surface area contributed by atoms with Crippen molar-refractivity contribution in [2.24, 2.45) is 12.0 Å². The molecule has 6 heteroatoms. The molecular formula is C11H16Cl2N4. The van der Waals surface area contributed by atoms with Crippen LogP contribution >= 0.6 is 23.2 Å². The van der Waals surface area contributed by atoms with Crippen molar-refractivity contribution in [3.8, 4) is 0 Å². The summed E-state index contributed by atoms with van der Waals surface area (Å²) < 4.78 is 1.83. The Balaban J connectivity index is 2.60. The lowest BCUT2D eigenvalue weighted by molar-refractivity contribution is 0.761. The molecule has 0 saturated carbocycles. The molecular weight excluding hydrogens is 259 g/mol. The summed E-state index contributed by atoms with van der Waals surface area (Å²) in [6.07, 6.45) is 1.77. The van der Waals surface area contributed by atoms with E-state index < -0.39 is 0 Å². The third-order valence-corrected chi connectivity index (χ3v) is 3.13. The number of hydrogen-bond donors (Lipinski definition) is 2. The van der Waals surface area contributed by atoms with Crippen LogP contribution in [0.3, 0.4) is 0 Å². The molecule has 2 N–H and O–H groups in total. The number of nitrogens with one attached hydrogen (secondary N) is 2. The zero-order valence-electron chi connectivity index (χ0n) is 9.93. The second-order valence-electron chi connectivity index (χ2n) is 3.43. The fraction of sp³-hybridized carbons (Fsp3) is 0.364. The number of guanidine groups is 1. The second-order valence-corrected chi connectivity index (χ2v) is 4.19. The highest BCUT2D eigenvalue weighted by Gasteiger charge is 2.08. The Morgan fingerprint density at radius 2 is 2.24 bits per heavy atom. The molecule has 0 bridgehead atoms. The first-order valence-electron chi connectivity index (χ1n) is 5.15. The van der Waals surface area contributed by atoms with Gasteiger partial charge >= 0.3 is 0 Å². The normalized spacial score (nSPS) is 11.4. The van der Waals surface area contributed by atoms with Gasteiger partial charge in [0.25, 0.3) is 0 Å². The highest BCUT2D eigenvalue weighted by atomic mass is 35.5. The van der Waals surface area contributed by atoms with Crippen LogP contribution in [0.4, 0.5) is 0 Å². The molecule has 0 unspecified atom stereocenters. The Labute approximate surface area is 111 Å². The van der Waals surface area contributed by atoms with Gasteiger partial charge in [0.1, 0.15) is 5.15 Å². The average Bonchev–Trinajstić information content (AvgIpc) is 2.57. The quantitative estimate of drug-likeness (QED) is 0.502. The fourth-order valence-electron chi connectivity index (χ4n) is 1.32. The van der Waals surface area contributed by atoms with Gasteiger partial charge in [-0.05, 0) is 6.07 Å². The SMILES string of the molecule is C=CCNC(=NC)NCc1cc(Cl)c(Cl)n1C. The standard InChI is InChI=1S/C11H16Cl2N4/c1-4-5-15-11(14-2)16-7-8-6-9(12)10(13)17(8)3/h4,6H,1,5,7H2,2-3H3,(H2,14,15,16). The molecule has 0 radical (unpaired) electrons. The van der Waals surface area contributed by atoms with Crippen molar-refractivity contribution in [3.63, 3.8) is 0 Å². The van der Waals surface area contributed by atoms with Crippen LogP contribution in [0.15, 0.2) is 23.7 Å². The molecule has 0 saturated heterocycles. The van der Waals surface area contributed by atoms with E-state index in [4.69, 9.17) is 23.2 Å². The van der Waals surface area contributed by atoms with E-state index in [0.717, 1.165) is 5.69 Å². The first kappa shape index (κ1) is 13.9. The molecule has 17 heavy (non-hydrogen) atoms. The monoisotopic (exact) mass is 274 g/mol. The van der Waals surface area contributed by atoms with Crippen LogP contribution in [0.5, 0.6) is 0 Å². The highest BCUT2D eigenvalue weighted by molar-refractivity contribution is 6.41. The van der Waals surface area contributed by atoms with Gasteiger partial charge in [0.05, 0.1) is 11.6 Å². The molecule has 0 aromatic carbocycles. The lowest BCUT2D eigenvalue weighted by atomic mass is 10.4. The topological polar surface area (TPSA) is 41.4 Å². The number of nitrogens with zero attached hydrogens (tertiary/aromatic N) is 2. The maximum absolute atomic E-state index is 5.98. The van der Waals surface area contributed by atoms with E-state index in [1.807, 2.05) is 17.7 Å². The summed E-state index contributed by atoms with van der Waals surface area (Å²) in [5.41, 5.74) is 0.988. The maximum atomic E-state index is 5.98. The molecule has 0 fully saturated rings. The molecule has 4 nitrogen and oxygen atoms in total. The molecule has 0 atom stereocenters. The Morgan fingerprint density at radius 3 is 2.71 bits per heavy atom. The summed E-state index contributed by atoms with van der Waals surface area (Å²) in [7, 11) is 3.58. The summed E-state index contributed by atoms with van der Waals surface area (Å²) in [6.45, 7) is 4.89. The van der Waals surface area contributed by atoms with Gasteiger partial charge in [0.2, 0.25) is 0 Å². The predicted octanol–water partition coefficient (Wildman–Crippen LogP) is 2.18. The van der Waals surface area contributed by atoms with Gasteiger partial charge in [0.15, 0.2) is 5.96 Å². The minimum atomic E-state index is 0.539. The molecule has 0 aliphatic rings. The van der Waals surface area contributed by atoms with Crippen molar-refractivity contribution < 1.29 is 0 Å². The molecule has 0 spiro atoms. The highest BCUT2D eigenvalue weighted by Crippen LogP contribution is 2.24. The fourth-order valence-corrected chi connectivity index (χ4v) is 1.74. The second kappa shape index (κ2) is 6.57. The van der Waals surface area contributed by atoms with Crippen molar-refractivity contribution in [2.45, 2.75) is 6.54 Å². The van der Waals surface area contributed by atoms with E-state index in [1.165, 1.54) is 0 Å². The number of halogens is 2. The third-order valence-electron chi connectivity index (χ3n) is 2.29. The van der Waals surface area contributed by atoms with Gasteiger partial charge < -0.3 is 15.2 Å². The van der Waals surface area contributed by atoms with Crippen molar-refractivity contribution >= 4 is 29.2 Å². The van der Waals surface area contributed by atoms with Crippen LogP contribution < -0.4 is 10.6 Å². The van der Waals surface area contributed by atoms with Crippen molar-refractivity contribution in [2.75, 3.05) is 13.6 Å². The van der Waals surface area contributed by atoms with Gasteiger partial charge in [-0.3, -0.25) is 4.99 Å². The summed E-state index contributed by atoms with van der Waals surface area (Å²) in [5, 5.41) is 7.33. The van der Waals surface area contributed by atoms with Crippen LogP contribution in [0.2, 0.25) is 10.2 Å². The van der Waals surface area contributed by atoms with Gasteiger partial charge in [-0.15, -0.1) is 6.58 Å². The summed E-state index contributed by atoms with van der Waals surface area (Å²) in [6, 6.07) is 1.83. The van der Waals surface area contributed by atoms with Crippen molar-refractivity contribution in [1.82, 2.24) is 15.2 Å². The van der Waals surface area contributed by atoms with Crippen LogP contribution in [-0.4, -0.2) is 24.1 Å². The third kappa shape index (κ3) is 3.68. The van der Waals surface area contributed by atoms with Crippen LogP contribution in [0, 0.1) is 0 Å². The van der Waals surface area contributed by atoms with E-state index in [-0.39, 0.29) is 0 Å². The largest absolute Gasteiger partial charge is 0.353 e. The zero-order chi connectivity index (χ0) is 12.8. The lowest BCUT2D eigenvalue weighted by Crippen LogP contribution is -2.37. The van der Waals surface area contributed by atoms with Crippen LogP contribution in [0.1, 0.15) is 5.69 Å². The Morgan fingerprint density at radius 1 is 1.53 bits per heavy atom. The molecule has 1 aromatic rings. The molecule has 0 aliphatic carbocycles. The lowest BCUT2D eigenvalue weighted by Gasteiger charge is -2.11. The number of rotatable bonds is 4. The van der Waals surface area contributed by atoms with E-state index in [9.17, 15) is 0 Å². The first-order chi connectivity index (χ1) is 8.10. The van der Waals surface area contributed by atoms with Crippen LogP contribution in [-0.2, 0) is 13.6 Å². The van der Waals surface area contributed by atoms with E-state index >= 15 is 0 Å². The Kier molecular flexibility index (Phi) is 5.38. The minimum absolute atomic E-state index is 0.539. The van der Waals surface area contributed by atoms with E-state index in [2.05, 4.69) is 22.2 Å². The maximum Gasteiger partial charge on any atom is 0.191 e. The van der Waals surface area contributed by atoms with Gasteiger partial charge in [-0.25, -0.2) is 0 Å². The number of aromatic nitrogens is 1. The Hall–Kier alpha value is -1.13. The zero-order valence-corrected chi connectivity index (χ0v) is 11.4. The summed E-state index contributed by atoms with van der Waals surface area (Å²) in [4.78, 5) is 4.07. The van der Waals surface area contributed by atoms with Gasteiger partial charge in [-0.2, -0.15) is 0 Å². The molecule has 1 heterocycles. The Bertz CT molecular complexity index is 423. The molecule has 0 amide bonds. The van der Waals surface area contributed by atoms with Crippen LogP contribution in [0.25, 0.3) is 0 Å². The molecule has 94 valence electrons. The summed E-state index contributed by atoms with van der Waals surface area (Å²) in [5.74, 6) is 0.707. The number of aliphatic imine (C=N–C) groups is 1. The van der Waals surface area contributed by atoms with Crippen molar-refractivity contribution in [3.05, 3.63) is 34.6 Å². The van der Waals surface area contributed by atoms with Crippen molar-refractivity contribution in [1.29, 1.82) is 0 Å². The van der Waals surface area contributed by atoms with E-state index in [1.54, 1.807) is 13.1 Å². The summed E-state index contributed by atoms with van der Waals surface area (Å²) >= 11 is 11.9. The first-order valence-corrected chi connectivity index (χ1v) is 5.90. The molecule has 0 aliphatic heterocycles. The smallest absolute Gasteiger partial charge is 0.191 e. The molecule has 1 aromatic heterocycles. The van der Waals surface area contributed by atoms with Gasteiger partial charge in [0, 0.05) is 26.3 Å². The average molecular weight is 275 g/mol. The minimum Gasteiger partial charge on any atom is -0.353 e. The number of hydrogen-bond acceptors (Lipinski definition) is 1. The van der Waals surface area contributed by atoms with E-state index in [0.29, 0.717) is 29.2 Å². The molecule has 1 rings (SSSR count). The predicted molar refractivity (Wildman–Crippen MR) is 73.8 cm³/mol.